The standard InChI is InChI=1S/C30H24N2O2S/c1-20(29(33)32-28-12-6-10-22-8-4-5-11-27(22)28)35-26-17-15-25(16-18-26)31-30(34)24-14-13-21-7-2-3-9-23(21)19-24/h2-20H,1H3,(H,31,34)(H,32,33). The lowest BCUT2D eigenvalue weighted by Gasteiger charge is -2.14. The van der Waals surface area contributed by atoms with E-state index in [1.54, 1.807) is 0 Å². The van der Waals surface area contributed by atoms with Crippen LogP contribution in [0.15, 0.2) is 114 Å². The van der Waals surface area contributed by atoms with Gasteiger partial charge in [0.25, 0.3) is 5.91 Å². The molecule has 0 aliphatic carbocycles. The molecule has 2 amide bonds. The highest BCUT2D eigenvalue weighted by Crippen LogP contribution is 2.28. The highest BCUT2D eigenvalue weighted by molar-refractivity contribution is 8.00. The molecule has 0 aliphatic rings. The summed E-state index contributed by atoms with van der Waals surface area (Å²) >= 11 is 1.48. The molecule has 5 rings (SSSR count). The summed E-state index contributed by atoms with van der Waals surface area (Å²) in [6.07, 6.45) is 0. The maximum Gasteiger partial charge on any atom is 0.255 e. The molecule has 0 radical (unpaired) electrons. The molecule has 4 nitrogen and oxygen atoms in total. The zero-order valence-corrected chi connectivity index (χ0v) is 20.0. The molecule has 0 aliphatic heterocycles. The van der Waals surface area contributed by atoms with E-state index in [0.29, 0.717) is 11.3 Å². The van der Waals surface area contributed by atoms with E-state index >= 15 is 0 Å². The fourth-order valence-electron chi connectivity index (χ4n) is 3.98. The predicted molar refractivity (Wildman–Crippen MR) is 146 cm³/mol. The van der Waals surface area contributed by atoms with Crippen molar-refractivity contribution in [3.8, 4) is 0 Å². The maximum absolute atomic E-state index is 12.8. The quantitative estimate of drug-likeness (QED) is 0.252. The molecule has 1 unspecified atom stereocenters. The summed E-state index contributed by atoms with van der Waals surface area (Å²) in [5.74, 6) is -0.209. The second-order valence-corrected chi connectivity index (χ2v) is 9.73. The molecule has 0 aromatic heterocycles. The van der Waals surface area contributed by atoms with Crippen molar-refractivity contribution in [3.05, 3.63) is 115 Å². The van der Waals surface area contributed by atoms with Gasteiger partial charge in [0.05, 0.1) is 5.25 Å². The first kappa shape index (κ1) is 22.7. The molecule has 0 saturated carbocycles. The molecule has 1 atom stereocenters. The molecular weight excluding hydrogens is 452 g/mol. The fourth-order valence-corrected chi connectivity index (χ4v) is 4.84. The zero-order valence-electron chi connectivity index (χ0n) is 19.2. The Labute approximate surface area is 208 Å². The lowest BCUT2D eigenvalue weighted by atomic mass is 10.1. The highest BCUT2D eigenvalue weighted by atomic mass is 32.2. The van der Waals surface area contributed by atoms with Crippen molar-refractivity contribution >= 4 is 56.5 Å². The van der Waals surface area contributed by atoms with Crippen LogP contribution in [0.25, 0.3) is 21.5 Å². The first-order valence-corrected chi connectivity index (χ1v) is 12.3. The van der Waals surface area contributed by atoms with Gasteiger partial charge in [0, 0.05) is 27.2 Å². The van der Waals surface area contributed by atoms with Crippen LogP contribution in [-0.2, 0) is 4.79 Å². The molecule has 2 N–H and O–H groups in total. The Morgan fingerprint density at radius 2 is 1.37 bits per heavy atom. The third kappa shape index (κ3) is 5.20. The molecule has 5 aromatic carbocycles. The molecule has 0 spiro atoms. The monoisotopic (exact) mass is 476 g/mol. The number of carbonyl (C=O) groups is 2. The minimum absolute atomic E-state index is 0.0555. The summed E-state index contributed by atoms with van der Waals surface area (Å²) in [6, 6.07) is 35.1. The number of nitrogens with one attached hydrogen (secondary N) is 2. The summed E-state index contributed by atoms with van der Waals surface area (Å²) in [7, 11) is 0. The van der Waals surface area contributed by atoms with Gasteiger partial charge in [-0.3, -0.25) is 9.59 Å². The number of amides is 2. The normalized spacial score (nSPS) is 11.8. The van der Waals surface area contributed by atoms with Gasteiger partial charge < -0.3 is 10.6 Å². The van der Waals surface area contributed by atoms with Crippen LogP contribution in [-0.4, -0.2) is 17.1 Å². The number of fused-ring (bicyclic) bond motifs is 2. The zero-order chi connectivity index (χ0) is 24.2. The molecular formula is C30H24N2O2S. The van der Waals surface area contributed by atoms with Crippen LogP contribution in [0.2, 0.25) is 0 Å². The van der Waals surface area contributed by atoms with Gasteiger partial charge >= 0.3 is 0 Å². The van der Waals surface area contributed by atoms with Crippen molar-refractivity contribution in [2.45, 2.75) is 17.1 Å². The van der Waals surface area contributed by atoms with Gasteiger partial charge in [0.15, 0.2) is 0 Å². The lowest BCUT2D eigenvalue weighted by Crippen LogP contribution is -2.22. The average molecular weight is 477 g/mol. The van der Waals surface area contributed by atoms with Crippen molar-refractivity contribution in [1.29, 1.82) is 0 Å². The molecule has 5 heteroatoms. The third-order valence-electron chi connectivity index (χ3n) is 5.85. The Kier molecular flexibility index (Phi) is 6.51. The SMILES string of the molecule is CC(Sc1ccc(NC(=O)c2ccc3ccccc3c2)cc1)C(=O)Nc1cccc2ccccc12. The number of rotatable bonds is 6. The van der Waals surface area contributed by atoms with E-state index in [1.165, 1.54) is 11.8 Å². The number of anilines is 2. The van der Waals surface area contributed by atoms with Gasteiger partial charge in [-0.25, -0.2) is 0 Å². The lowest BCUT2D eigenvalue weighted by molar-refractivity contribution is -0.115. The molecule has 5 aromatic rings. The van der Waals surface area contributed by atoms with Crippen molar-refractivity contribution in [2.75, 3.05) is 10.6 Å². The Hall–Kier alpha value is -4.09. The van der Waals surface area contributed by atoms with E-state index in [0.717, 1.165) is 32.1 Å². The maximum atomic E-state index is 12.8. The molecule has 0 heterocycles. The van der Waals surface area contributed by atoms with Gasteiger partial charge in [0.1, 0.15) is 0 Å². The van der Waals surface area contributed by atoms with E-state index < -0.39 is 0 Å². The predicted octanol–water partition coefficient (Wildman–Crippen LogP) is 7.36. The molecule has 172 valence electrons. The van der Waals surface area contributed by atoms with Crippen molar-refractivity contribution in [2.24, 2.45) is 0 Å². The Morgan fingerprint density at radius 1 is 0.686 bits per heavy atom. The van der Waals surface area contributed by atoms with Gasteiger partial charge in [-0.05, 0) is 65.5 Å². The van der Waals surface area contributed by atoms with Crippen LogP contribution in [0.1, 0.15) is 17.3 Å². The van der Waals surface area contributed by atoms with Gasteiger partial charge in [-0.1, -0.05) is 66.7 Å². The summed E-state index contributed by atoms with van der Waals surface area (Å²) in [5, 5.41) is 9.96. The van der Waals surface area contributed by atoms with Crippen molar-refractivity contribution in [1.82, 2.24) is 0 Å². The van der Waals surface area contributed by atoms with E-state index in [4.69, 9.17) is 0 Å². The number of benzene rings is 5. The Morgan fingerprint density at radius 3 is 2.17 bits per heavy atom. The van der Waals surface area contributed by atoms with Gasteiger partial charge in [-0.15, -0.1) is 11.8 Å². The average Bonchev–Trinajstić information content (AvgIpc) is 2.89. The third-order valence-corrected chi connectivity index (χ3v) is 6.97. The van der Waals surface area contributed by atoms with Gasteiger partial charge in [-0.2, -0.15) is 0 Å². The number of hydrogen-bond acceptors (Lipinski definition) is 3. The summed E-state index contributed by atoms with van der Waals surface area (Å²) in [5.41, 5.74) is 2.13. The second-order valence-electron chi connectivity index (χ2n) is 8.32. The number of hydrogen-bond donors (Lipinski definition) is 2. The number of carbonyl (C=O) groups excluding carboxylic acids is 2. The molecule has 0 fully saturated rings. The van der Waals surface area contributed by atoms with Crippen LogP contribution < -0.4 is 10.6 Å². The molecule has 35 heavy (non-hydrogen) atoms. The topological polar surface area (TPSA) is 58.2 Å². The summed E-state index contributed by atoms with van der Waals surface area (Å²) in [4.78, 5) is 26.5. The first-order valence-electron chi connectivity index (χ1n) is 11.4. The summed E-state index contributed by atoms with van der Waals surface area (Å²) < 4.78 is 0. The van der Waals surface area contributed by atoms with Crippen LogP contribution >= 0.6 is 11.8 Å². The van der Waals surface area contributed by atoms with E-state index in [1.807, 2.05) is 116 Å². The van der Waals surface area contributed by atoms with Crippen molar-refractivity contribution < 1.29 is 9.59 Å². The van der Waals surface area contributed by atoms with Crippen molar-refractivity contribution in [3.63, 3.8) is 0 Å². The first-order chi connectivity index (χ1) is 17.1. The van der Waals surface area contributed by atoms with Gasteiger partial charge in [0.2, 0.25) is 5.91 Å². The fraction of sp³-hybridized carbons (Fsp3) is 0.0667. The minimum atomic E-state index is -0.285. The highest BCUT2D eigenvalue weighted by Gasteiger charge is 2.16. The smallest absolute Gasteiger partial charge is 0.255 e. The molecule has 0 bridgehead atoms. The van der Waals surface area contributed by atoms with Crippen LogP contribution in [0, 0.1) is 0 Å². The Balaban J connectivity index is 1.21. The number of thioether (sulfide) groups is 1. The molecule has 0 saturated heterocycles. The van der Waals surface area contributed by atoms with Crippen LogP contribution in [0.5, 0.6) is 0 Å². The Bertz CT molecular complexity index is 1520. The minimum Gasteiger partial charge on any atom is -0.325 e. The largest absolute Gasteiger partial charge is 0.325 e. The van der Waals surface area contributed by atoms with E-state index in [2.05, 4.69) is 10.6 Å². The second kappa shape index (κ2) is 10.0. The van der Waals surface area contributed by atoms with E-state index in [9.17, 15) is 9.59 Å². The van der Waals surface area contributed by atoms with E-state index in [-0.39, 0.29) is 17.1 Å². The summed E-state index contributed by atoms with van der Waals surface area (Å²) in [6.45, 7) is 1.89. The van der Waals surface area contributed by atoms with Crippen LogP contribution in [0.4, 0.5) is 11.4 Å². The van der Waals surface area contributed by atoms with Crippen LogP contribution in [0.3, 0.4) is 0 Å².